The van der Waals surface area contributed by atoms with Crippen molar-refractivity contribution in [3.63, 3.8) is 0 Å². The number of amides is 1. The molecule has 1 aliphatic heterocycles. The van der Waals surface area contributed by atoms with Crippen LogP contribution < -0.4 is 15.0 Å². The molecular weight excluding hydrogens is 371 g/mol. The molecule has 3 aromatic rings. The van der Waals surface area contributed by atoms with Crippen LogP contribution in [0.2, 0.25) is 0 Å². The van der Waals surface area contributed by atoms with Crippen LogP contribution in [-0.4, -0.2) is 45.3 Å². The fourth-order valence-electron chi connectivity index (χ4n) is 2.57. The summed E-state index contributed by atoms with van der Waals surface area (Å²) in [5.74, 6) is 0.491. The van der Waals surface area contributed by atoms with E-state index in [0.29, 0.717) is 29.8 Å². The third kappa shape index (κ3) is 3.85. The predicted molar refractivity (Wildman–Crippen MR) is 97.7 cm³/mol. The predicted octanol–water partition coefficient (Wildman–Crippen LogP) is 2.30. The summed E-state index contributed by atoms with van der Waals surface area (Å²) >= 11 is 1.22. The summed E-state index contributed by atoms with van der Waals surface area (Å²) in [5.41, 5.74) is 2.61. The normalized spacial score (nSPS) is 13.9. The Balaban J connectivity index is 1.33. The zero-order valence-corrected chi connectivity index (χ0v) is 15.1. The lowest BCUT2D eigenvalue weighted by atomic mass is 10.1. The first-order chi connectivity index (χ1) is 13.1. The van der Waals surface area contributed by atoms with Crippen molar-refractivity contribution in [2.45, 2.75) is 13.0 Å². The van der Waals surface area contributed by atoms with E-state index in [-0.39, 0.29) is 17.6 Å². The Hall–Kier alpha value is -3.14. The van der Waals surface area contributed by atoms with E-state index < -0.39 is 5.91 Å². The van der Waals surface area contributed by atoms with Crippen molar-refractivity contribution in [2.75, 3.05) is 23.3 Å². The number of aromatic nitrogens is 4. The second-order valence-electron chi connectivity index (χ2n) is 6.01. The van der Waals surface area contributed by atoms with Gasteiger partial charge in [-0.05, 0) is 18.6 Å². The van der Waals surface area contributed by atoms with E-state index in [1.807, 2.05) is 11.8 Å². The quantitative estimate of drug-likeness (QED) is 0.719. The third-order valence-electron chi connectivity index (χ3n) is 4.07. The average Bonchev–Trinajstić information content (AvgIpc) is 3.14. The number of halogens is 1. The van der Waals surface area contributed by atoms with Crippen molar-refractivity contribution < 1.29 is 13.9 Å². The summed E-state index contributed by atoms with van der Waals surface area (Å²) < 4.78 is 19.2. The highest BCUT2D eigenvalue weighted by Crippen LogP contribution is 2.25. The minimum atomic E-state index is -0.391. The van der Waals surface area contributed by atoms with Gasteiger partial charge in [0.15, 0.2) is 0 Å². The number of hydrogen-bond donors (Lipinski definition) is 1. The van der Waals surface area contributed by atoms with Gasteiger partial charge in [0.25, 0.3) is 5.91 Å². The zero-order valence-electron chi connectivity index (χ0n) is 14.3. The second kappa shape index (κ2) is 7.23. The summed E-state index contributed by atoms with van der Waals surface area (Å²) in [6.07, 6.45) is 2.91. The number of rotatable bonds is 5. The Kier molecular flexibility index (Phi) is 4.63. The Morgan fingerprint density at radius 2 is 2.19 bits per heavy atom. The molecule has 0 atom stereocenters. The molecule has 138 valence electrons. The van der Waals surface area contributed by atoms with Crippen LogP contribution in [0.5, 0.6) is 5.75 Å². The lowest BCUT2D eigenvalue weighted by molar-refractivity contribution is 0.102. The maximum atomic E-state index is 13.3. The molecule has 10 heteroatoms. The topological polar surface area (TPSA) is 93.1 Å². The third-order valence-corrected chi connectivity index (χ3v) is 4.67. The van der Waals surface area contributed by atoms with E-state index in [1.165, 1.54) is 35.2 Å². The number of benzene rings is 1. The van der Waals surface area contributed by atoms with Gasteiger partial charge in [-0.1, -0.05) is 17.4 Å². The number of carbonyl (C=O) groups is 1. The molecule has 4 rings (SSSR count). The molecule has 1 saturated heterocycles. The van der Waals surface area contributed by atoms with Gasteiger partial charge in [-0.25, -0.2) is 14.4 Å². The largest absolute Gasteiger partial charge is 0.486 e. The molecule has 0 radical (unpaired) electrons. The number of ether oxygens (including phenoxy) is 1. The Labute approximate surface area is 158 Å². The van der Waals surface area contributed by atoms with Gasteiger partial charge < -0.3 is 9.64 Å². The lowest BCUT2D eigenvalue weighted by Gasteiger charge is -2.39. The molecule has 0 saturated carbocycles. The molecule has 1 N–H and O–H groups in total. The van der Waals surface area contributed by atoms with Crippen LogP contribution in [0.3, 0.4) is 0 Å². The molecule has 2 aromatic heterocycles. The van der Waals surface area contributed by atoms with Crippen LogP contribution in [0.1, 0.15) is 16.1 Å². The van der Waals surface area contributed by atoms with Gasteiger partial charge in [0.2, 0.25) is 5.13 Å². The van der Waals surface area contributed by atoms with Crippen molar-refractivity contribution in [3.8, 4) is 5.75 Å². The molecule has 0 aliphatic carbocycles. The molecule has 1 aliphatic rings. The molecule has 1 fully saturated rings. The highest BCUT2D eigenvalue weighted by Gasteiger charge is 2.30. The Morgan fingerprint density at radius 3 is 2.89 bits per heavy atom. The molecule has 0 spiro atoms. The first-order valence-corrected chi connectivity index (χ1v) is 9.04. The number of anilines is 2. The Morgan fingerprint density at radius 1 is 1.33 bits per heavy atom. The van der Waals surface area contributed by atoms with Crippen LogP contribution >= 0.6 is 11.3 Å². The van der Waals surface area contributed by atoms with E-state index in [4.69, 9.17) is 4.74 Å². The van der Waals surface area contributed by atoms with Crippen LogP contribution in [-0.2, 0) is 0 Å². The number of carbonyl (C=O) groups excluding carboxylic acids is 1. The maximum Gasteiger partial charge on any atom is 0.277 e. The summed E-state index contributed by atoms with van der Waals surface area (Å²) in [4.78, 5) is 22.4. The van der Waals surface area contributed by atoms with Crippen molar-refractivity contribution in [1.29, 1.82) is 0 Å². The molecular formula is C17H15FN6O2S. The molecule has 3 heterocycles. The average molecular weight is 386 g/mol. The zero-order chi connectivity index (χ0) is 18.8. The van der Waals surface area contributed by atoms with Crippen molar-refractivity contribution in [1.82, 2.24) is 20.2 Å². The van der Waals surface area contributed by atoms with Gasteiger partial charge in [-0.3, -0.25) is 10.1 Å². The first-order valence-electron chi connectivity index (χ1n) is 8.16. The standard InChI is InChI=1S/C17H15FN6O2S/c1-10-2-3-11(18)4-14(10)26-12-7-24(8-12)15-6-19-13(5-20-15)16(25)22-17-23-21-9-27-17/h2-6,9,12H,7-8H2,1H3,(H,22,23,25). The van der Waals surface area contributed by atoms with E-state index >= 15 is 0 Å². The molecule has 8 nitrogen and oxygen atoms in total. The van der Waals surface area contributed by atoms with Crippen molar-refractivity contribution in [3.05, 3.63) is 53.2 Å². The first kappa shape index (κ1) is 17.3. The summed E-state index contributed by atoms with van der Waals surface area (Å²) in [5, 5.41) is 10.4. The Bertz CT molecular complexity index is 945. The smallest absolute Gasteiger partial charge is 0.277 e. The molecule has 0 unspecified atom stereocenters. The van der Waals surface area contributed by atoms with Gasteiger partial charge in [0, 0.05) is 6.07 Å². The summed E-state index contributed by atoms with van der Waals surface area (Å²) in [6.45, 7) is 3.10. The summed E-state index contributed by atoms with van der Waals surface area (Å²) in [7, 11) is 0. The highest BCUT2D eigenvalue weighted by atomic mass is 32.1. The number of nitrogens with zero attached hydrogens (tertiary/aromatic N) is 5. The molecule has 0 bridgehead atoms. The number of aryl methyl sites for hydroxylation is 1. The van der Waals surface area contributed by atoms with Crippen LogP contribution in [0.15, 0.2) is 36.1 Å². The lowest BCUT2D eigenvalue weighted by Crippen LogP contribution is -2.54. The summed E-state index contributed by atoms with van der Waals surface area (Å²) in [6, 6.07) is 4.49. The minimum absolute atomic E-state index is 0.0484. The van der Waals surface area contributed by atoms with Gasteiger partial charge >= 0.3 is 0 Å². The highest BCUT2D eigenvalue weighted by molar-refractivity contribution is 7.13. The van der Waals surface area contributed by atoms with Gasteiger partial charge in [-0.15, -0.1) is 10.2 Å². The van der Waals surface area contributed by atoms with Crippen LogP contribution in [0, 0.1) is 12.7 Å². The SMILES string of the molecule is Cc1ccc(F)cc1OC1CN(c2cnc(C(=O)Nc3nncs3)cn2)C1. The van der Waals surface area contributed by atoms with E-state index in [0.717, 1.165) is 5.56 Å². The fourth-order valence-corrected chi connectivity index (χ4v) is 3.01. The molecule has 1 aromatic carbocycles. The molecule has 1 amide bonds. The minimum Gasteiger partial charge on any atom is -0.486 e. The van der Waals surface area contributed by atoms with Gasteiger partial charge in [-0.2, -0.15) is 0 Å². The monoisotopic (exact) mass is 386 g/mol. The maximum absolute atomic E-state index is 13.3. The van der Waals surface area contributed by atoms with Gasteiger partial charge in [0.1, 0.15) is 34.7 Å². The second-order valence-corrected chi connectivity index (χ2v) is 6.85. The number of hydrogen-bond acceptors (Lipinski definition) is 8. The van der Waals surface area contributed by atoms with Crippen molar-refractivity contribution >= 4 is 28.2 Å². The van der Waals surface area contributed by atoms with Crippen LogP contribution in [0.4, 0.5) is 15.3 Å². The van der Waals surface area contributed by atoms with Gasteiger partial charge in [0.05, 0.1) is 25.5 Å². The van der Waals surface area contributed by atoms with E-state index in [9.17, 15) is 9.18 Å². The fraction of sp³-hybridized carbons (Fsp3) is 0.235. The van der Waals surface area contributed by atoms with Crippen LogP contribution in [0.25, 0.3) is 0 Å². The molecule has 27 heavy (non-hydrogen) atoms. The van der Waals surface area contributed by atoms with Crippen molar-refractivity contribution in [2.24, 2.45) is 0 Å². The van der Waals surface area contributed by atoms with E-state index in [1.54, 1.807) is 12.3 Å². The number of nitrogens with one attached hydrogen (secondary N) is 1. The van der Waals surface area contributed by atoms with E-state index in [2.05, 4.69) is 25.5 Å².